The maximum absolute atomic E-state index is 15.6. The number of nitrogens with two attached hydrogens (primary N) is 2. The van der Waals surface area contributed by atoms with E-state index in [1.54, 1.807) is 102 Å². The number of carbonyl (C=O) groups excluding carboxylic acids is 8. The summed E-state index contributed by atoms with van der Waals surface area (Å²) in [7, 11) is 0. The Morgan fingerprint density at radius 2 is 0.859 bits per heavy atom. The normalized spacial score (nSPS) is 18.6. The molecule has 4 aromatic carbocycles. The first-order chi connectivity index (χ1) is 43.3. The molecule has 6 amide bonds. The Balaban J connectivity index is 0.000000261. The molecular formula is C66H76F8N8O10. The summed E-state index contributed by atoms with van der Waals surface area (Å²) in [6.07, 6.45) is -13.7. The summed E-state index contributed by atoms with van der Waals surface area (Å²) in [6, 6.07) is 24.9. The van der Waals surface area contributed by atoms with Gasteiger partial charge in [0.2, 0.25) is 36.0 Å². The lowest BCUT2D eigenvalue weighted by molar-refractivity contribution is -0.151. The maximum atomic E-state index is 15.6. The summed E-state index contributed by atoms with van der Waals surface area (Å²) < 4.78 is 122. The smallest absolute Gasteiger partial charge is 0.389 e. The molecule has 2 aliphatic heterocycles. The third-order valence-electron chi connectivity index (χ3n) is 17.0. The van der Waals surface area contributed by atoms with Gasteiger partial charge in [0.1, 0.15) is 11.6 Å². The number of benzodiazepines with no additional fused rings is 2. The SMILES string of the molecule is CC(C)[C@H](C)C(=O)OCN1C(=O)[C@@H](NC(=O)[C@H](CCC(F)(F)F)[C@H](CC2CC2)C(N)=O)N=C(c2ccccc2)c2cccc(F)c21.CC(C)[C@H](C)C(=O)OCN1C(=O)[C@H](NC(=O)[C@H](CCC(F)(F)F)[C@H](CC2CC2)C(N)=O)N=C(c2ccccc2)c2cccc(F)c21. The average molecular weight is 1290 g/mol. The van der Waals surface area contributed by atoms with Crippen LogP contribution in [-0.4, -0.2) is 97.0 Å². The largest absolute Gasteiger partial charge is 0.444 e. The van der Waals surface area contributed by atoms with Crippen LogP contribution in [0.15, 0.2) is 107 Å². The number of nitrogens with one attached hydrogen (secondary N) is 2. The molecular weight excluding hydrogens is 1220 g/mol. The molecule has 2 heterocycles. The summed E-state index contributed by atoms with van der Waals surface area (Å²) in [5, 5.41) is 4.86. The van der Waals surface area contributed by atoms with Crippen molar-refractivity contribution in [3.05, 3.63) is 131 Å². The van der Waals surface area contributed by atoms with Crippen molar-refractivity contribution in [2.24, 2.45) is 80.6 Å². The van der Waals surface area contributed by atoms with E-state index in [1.807, 2.05) is 0 Å². The number of ether oxygens (including phenoxy) is 2. The molecule has 2 saturated carbocycles. The van der Waals surface area contributed by atoms with E-state index in [4.69, 9.17) is 20.9 Å². The monoisotopic (exact) mass is 1290 g/mol. The molecule has 26 heteroatoms. The molecule has 0 unspecified atom stereocenters. The van der Waals surface area contributed by atoms with E-state index in [-0.39, 0.29) is 70.4 Å². The van der Waals surface area contributed by atoms with Crippen LogP contribution in [0.4, 0.5) is 46.5 Å². The van der Waals surface area contributed by atoms with Crippen LogP contribution >= 0.6 is 0 Å². The highest BCUT2D eigenvalue weighted by molar-refractivity contribution is 6.21. The lowest BCUT2D eigenvalue weighted by Gasteiger charge is -2.28. The van der Waals surface area contributed by atoms with Crippen molar-refractivity contribution in [1.82, 2.24) is 10.6 Å². The second kappa shape index (κ2) is 30.7. The molecule has 18 nitrogen and oxygen atoms in total. The Morgan fingerprint density at radius 1 is 0.522 bits per heavy atom. The van der Waals surface area contributed by atoms with Gasteiger partial charge in [-0.15, -0.1) is 0 Å². The molecule has 8 rings (SSSR count). The van der Waals surface area contributed by atoms with Crippen molar-refractivity contribution < 1.29 is 83.0 Å². The Kier molecular flexibility index (Phi) is 23.6. The highest BCUT2D eigenvalue weighted by Gasteiger charge is 2.45. The molecule has 496 valence electrons. The fraction of sp³-hybridized carbons (Fsp3) is 0.485. The Labute approximate surface area is 527 Å². The van der Waals surface area contributed by atoms with Crippen molar-refractivity contribution in [1.29, 1.82) is 0 Å². The molecule has 2 aliphatic carbocycles. The highest BCUT2D eigenvalue weighted by atomic mass is 19.4. The molecule has 0 bridgehead atoms. The van der Waals surface area contributed by atoms with Gasteiger partial charge in [-0.05, 0) is 61.5 Å². The van der Waals surface area contributed by atoms with Crippen molar-refractivity contribution in [3.8, 4) is 0 Å². The van der Waals surface area contributed by atoms with Crippen LogP contribution in [0.25, 0.3) is 0 Å². The molecule has 0 radical (unpaired) electrons. The van der Waals surface area contributed by atoms with Gasteiger partial charge in [-0.2, -0.15) is 26.3 Å². The number of halogens is 8. The van der Waals surface area contributed by atoms with Gasteiger partial charge in [0.15, 0.2) is 13.5 Å². The first kappa shape index (κ1) is 70.9. The zero-order valence-corrected chi connectivity index (χ0v) is 51.7. The number of hydrogen-bond donors (Lipinski definition) is 4. The van der Waals surface area contributed by atoms with Gasteiger partial charge in [0.25, 0.3) is 11.8 Å². The summed E-state index contributed by atoms with van der Waals surface area (Å²) in [5.41, 5.74) is 12.1. The number of anilines is 2. The number of para-hydroxylation sites is 2. The number of esters is 2. The van der Waals surface area contributed by atoms with Gasteiger partial charge < -0.3 is 31.6 Å². The van der Waals surface area contributed by atoms with E-state index < -0.39 is 158 Å². The predicted molar refractivity (Wildman–Crippen MR) is 323 cm³/mol. The second-order valence-corrected chi connectivity index (χ2v) is 24.5. The van der Waals surface area contributed by atoms with Crippen molar-refractivity contribution in [2.45, 2.75) is 130 Å². The van der Waals surface area contributed by atoms with E-state index in [2.05, 4.69) is 20.6 Å². The molecule has 4 aromatic rings. The van der Waals surface area contributed by atoms with E-state index in [0.29, 0.717) is 11.1 Å². The molecule has 8 atom stereocenters. The number of rotatable bonds is 26. The molecule has 0 saturated heterocycles. The Hall–Kier alpha value is -8.58. The van der Waals surface area contributed by atoms with Gasteiger partial charge >= 0.3 is 24.3 Å². The van der Waals surface area contributed by atoms with Crippen LogP contribution in [-0.2, 0) is 47.8 Å². The first-order valence-electron chi connectivity index (χ1n) is 30.5. The number of fused-ring (bicyclic) bond motifs is 2. The van der Waals surface area contributed by atoms with Gasteiger partial charge in [-0.1, -0.05) is 152 Å². The van der Waals surface area contributed by atoms with Crippen molar-refractivity contribution >= 4 is 70.2 Å². The third-order valence-corrected chi connectivity index (χ3v) is 17.0. The van der Waals surface area contributed by atoms with E-state index >= 15 is 8.78 Å². The van der Waals surface area contributed by atoms with Crippen LogP contribution in [0.3, 0.4) is 0 Å². The maximum Gasteiger partial charge on any atom is 0.389 e. The second-order valence-electron chi connectivity index (χ2n) is 24.5. The Morgan fingerprint density at radius 3 is 1.15 bits per heavy atom. The summed E-state index contributed by atoms with van der Waals surface area (Å²) in [6.45, 7) is 9.06. The number of benzene rings is 4. The molecule has 6 N–H and O–H groups in total. The number of carbonyl (C=O) groups is 8. The minimum atomic E-state index is -4.62. The quantitative estimate of drug-likeness (QED) is 0.0341. The van der Waals surface area contributed by atoms with E-state index in [0.717, 1.165) is 47.6 Å². The minimum absolute atomic E-state index is 0.0526. The topological polar surface area (TPSA) is 262 Å². The Bertz CT molecular complexity index is 3170. The van der Waals surface area contributed by atoms with Gasteiger partial charge in [0.05, 0.1) is 34.6 Å². The summed E-state index contributed by atoms with van der Waals surface area (Å²) in [5.74, 6) is -15.5. The molecule has 4 aliphatic rings. The van der Waals surface area contributed by atoms with Gasteiger partial charge in [-0.3, -0.25) is 48.2 Å². The van der Waals surface area contributed by atoms with Gasteiger partial charge in [0, 0.05) is 58.8 Å². The standard InChI is InChI=1S/2C33H38F4N4O5/c2*1-18(2)19(3)32(45)46-17-41-27-23(10-7-11-25(27)34)26(21-8-5-4-6-9-21)39-29(31(41)44)40-30(43)22(14-15-33(35,36)37)24(28(38)42)16-20-12-13-20/h2*4-11,18-20,22,24,29H,12-17H2,1-3H3,(H2,38,42)(H,40,43)/t19-,22+,24-,29+;19-,22+,24-,29-/m00/s1. The fourth-order valence-corrected chi connectivity index (χ4v) is 10.7. The molecule has 0 spiro atoms. The predicted octanol–water partition coefficient (Wildman–Crippen LogP) is 10.2. The number of nitrogens with zero attached hydrogens (tertiary/aromatic N) is 4. The third kappa shape index (κ3) is 18.8. The lowest BCUT2D eigenvalue weighted by atomic mass is 9.83. The van der Waals surface area contributed by atoms with Crippen LogP contribution in [0.2, 0.25) is 0 Å². The summed E-state index contributed by atoms with van der Waals surface area (Å²) >= 11 is 0. The van der Waals surface area contributed by atoms with Crippen LogP contribution in [0.1, 0.15) is 128 Å². The van der Waals surface area contributed by atoms with E-state index in [1.165, 1.54) is 24.3 Å². The van der Waals surface area contributed by atoms with Gasteiger partial charge in [-0.25, -0.2) is 18.8 Å². The number of hydrogen-bond acceptors (Lipinski definition) is 12. The average Bonchev–Trinajstić information content (AvgIpc) is 1.58. The lowest BCUT2D eigenvalue weighted by Crippen LogP contribution is -2.51. The fourth-order valence-electron chi connectivity index (χ4n) is 10.7. The summed E-state index contributed by atoms with van der Waals surface area (Å²) in [4.78, 5) is 117. The molecule has 0 aromatic heterocycles. The number of primary amides is 2. The van der Waals surface area contributed by atoms with Crippen LogP contribution in [0, 0.1) is 70.8 Å². The van der Waals surface area contributed by atoms with Crippen LogP contribution < -0.4 is 31.9 Å². The zero-order valence-electron chi connectivity index (χ0n) is 51.7. The van der Waals surface area contributed by atoms with Crippen LogP contribution in [0.5, 0.6) is 0 Å². The highest BCUT2D eigenvalue weighted by Crippen LogP contribution is 2.42. The van der Waals surface area contributed by atoms with Crippen molar-refractivity contribution in [3.63, 3.8) is 0 Å². The van der Waals surface area contributed by atoms with E-state index in [9.17, 15) is 64.7 Å². The molecule has 2 fully saturated rings. The number of amides is 6. The number of alkyl halides is 6. The molecule has 92 heavy (non-hydrogen) atoms. The minimum Gasteiger partial charge on any atom is -0.444 e. The van der Waals surface area contributed by atoms with Crippen molar-refractivity contribution in [2.75, 3.05) is 23.3 Å². The first-order valence-corrected chi connectivity index (χ1v) is 30.5. The number of aliphatic imine (C=N–C) groups is 2. The zero-order chi connectivity index (χ0) is 67.5.